The van der Waals surface area contributed by atoms with Crippen molar-refractivity contribution in [3.05, 3.63) is 51.0 Å². The number of phenolic OH excluding ortho intramolecular Hbond substituents is 1. The molecule has 0 aromatic heterocycles. The van der Waals surface area contributed by atoms with Crippen LogP contribution in [0.1, 0.15) is 108 Å². The first-order valence-electron chi connectivity index (χ1n) is 14.5. The van der Waals surface area contributed by atoms with Crippen LogP contribution in [0.4, 0.5) is 0 Å². The Balaban J connectivity index is 2.04. The first-order chi connectivity index (χ1) is 18.9. The van der Waals surface area contributed by atoms with E-state index in [0.717, 1.165) is 12.5 Å². The number of aliphatic hydroxyl groups excluding tert-OH is 2. The normalized spacial score (nSPS) is 29.6. The maximum Gasteiger partial charge on any atom is 0.209 e. The van der Waals surface area contributed by atoms with Crippen LogP contribution in [0.3, 0.4) is 0 Å². The van der Waals surface area contributed by atoms with Crippen LogP contribution in [0, 0.1) is 22.7 Å². The second-order valence-electron chi connectivity index (χ2n) is 13.4. The number of rotatable bonds is 7. The number of aliphatic hydroxyl groups is 3. The van der Waals surface area contributed by atoms with Crippen molar-refractivity contribution in [1.82, 2.24) is 0 Å². The topological polar surface area (TPSA) is 149 Å². The molecule has 1 unspecified atom stereocenters. The lowest BCUT2D eigenvalue weighted by Crippen LogP contribution is -2.67. The Hall–Kier alpha value is -3.26. The van der Waals surface area contributed by atoms with E-state index < -0.39 is 56.8 Å². The van der Waals surface area contributed by atoms with Crippen LogP contribution in [0.25, 0.3) is 0 Å². The summed E-state index contributed by atoms with van der Waals surface area (Å²) in [7, 11) is 0. The van der Waals surface area contributed by atoms with Crippen molar-refractivity contribution in [2.24, 2.45) is 22.7 Å². The van der Waals surface area contributed by atoms with Gasteiger partial charge in [0.25, 0.3) is 0 Å². The Bertz CT molecular complexity index is 1440. The Labute approximate surface area is 241 Å². The summed E-state index contributed by atoms with van der Waals surface area (Å²) < 4.78 is 0. The van der Waals surface area contributed by atoms with Crippen LogP contribution in [0.5, 0.6) is 5.75 Å². The van der Waals surface area contributed by atoms with E-state index in [0.29, 0.717) is 24.0 Å². The van der Waals surface area contributed by atoms with Gasteiger partial charge in [0.1, 0.15) is 28.6 Å². The number of ketones is 4. The molecule has 0 radical (unpaired) electrons. The molecule has 0 fully saturated rings. The van der Waals surface area contributed by atoms with Crippen molar-refractivity contribution >= 4 is 23.1 Å². The number of hydrogen-bond donors (Lipinski definition) is 4. The van der Waals surface area contributed by atoms with E-state index in [1.807, 2.05) is 20.8 Å². The third-order valence-corrected chi connectivity index (χ3v) is 9.66. The van der Waals surface area contributed by atoms with Crippen molar-refractivity contribution in [3.8, 4) is 5.75 Å². The second kappa shape index (κ2) is 9.93. The first-order valence-corrected chi connectivity index (χ1v) is 14.5. The average Bonchev–Trinajstić information content (AvgIpc) is 2.82. The highest BCUT2D eigenvalue weighted by molar-refractivity contribution is 6.25. The molecule has 8 heteroatoms. The minimum Gasteiger partial charge on any atom is -0.511 e. The second-order valence-corrected chi connectivity index (χ2v) is 13.4. The Morgan fingerprint density at radius 1 is 1.07 bits per heavy atom. The maximum absolute atomic E-state index is 14.3. The highest BCUT2D eigenvalue weighted by atomic mass is 16.3. The summed E-state index contributed by atoms with van der Waals surface area (Å²) in [6.45, 7) is 13.9. The molecule has 0 saturated carbocycles. The number of fused-ring (bicyclic) bond motifs is 3. The zero-order chi connectivity index (χ0) is 31.0. The number of phenols is 1. The van der Waals surface area contributed by atoms with Gasteiger partial charge in [-0.3, -0.25) is 19.2 Å². The Morgan fingerprint density at radius 2 is 1.68 bits per heavy atom. The van der Waals surface area contributed by atoms with Gasteiger partial charge in [-0.05, 0) is 49.1 Å². The number of carbonyl (C=O) groups excluding carboxylic acids is 4. The minimum absolute atomic E-state index is 0.0319. The van der Waals surface area contributed by atoms with Gasteiger partial charge >= 0.3 is 0 Å². The quantitative estimate of drug-likeness (QED) is 0.321. The fourth-order valence-electron chi connectivity index (χ4n) is 8.12. The molecule has 0 bridgehead atoms. The molecule has 1 aromatic carbocycles. The monoisotopic (exact) mass is 566 g/mol. The summed E-state index contributed by atoms with van der Waals surface area (Å²) in [6.07, 6.45) is 1.18. The van der Waals surface area contributed by atoms with Crippen molar-refractivity contribution in [2.75, 3.05) is 0 Å². The molecule has 222 valence electrons. The lowest BCUT2D eigenvalue weighted by atomic mass is 9.44. The molecular formula is C33H42O8. The van der Waals surface area contributed by atoms with Crippen LogP contribution in [-0.4, -0.2) is 49.2 Å². The van der Waals surface area contributed by atoms with Gasteiger partial charge in [0.05, 0.1) is 5.56 Å². The molecule has 0 heterocycles. The predicted molar refractivity (Wildman–Crippen MR) is 153 cm³/mol. The number of aromatic hydroxyl groups is 1. The van der Waals surface area contributed by atoms with Gasteiger partial charge in [-0.25, -0.2) is 0 Å². The van der Waals surface area contributed by atoms with Gasteiger partial charge in [0.15, 0.2) is 17.2 Å². The number of Topliss-reactive ketones (excluding diaryl/α,β-unsaturated/α-hetero) is 4. The third-order valence-electron chi connectivity index (χ3n) is 9.66. The van der Waals surface area contributed by atoms with E-state index >= 15 is 0 Å². The molecule has 0 aliphatic heterocycles. The lowest BCUT2D eigenvalue weighted by Gasteiger charge is -2.59. The van der Waals surface area contributed by atoms with Crippen molar-refractivity contribution in [3.63, 3.8) is 0 Å². The van der Waals surface area contributed by atoms with E-state index in [9.17, 15) is 39.6 Å². The molecule has 4 rings (SSSR count). The third kappa shape index (κ3) is 4.12. The molecule has 3 aliphatic rings. The molecule has 4 N–H and O–H groups in total. The highest BCUT2D eigenvalue weighted by Gasteiger charge is 2.71. The zero-order valence-corrected chi connectivity index (χ0v) is 25.3. The molecule has 0 amide bonds. The lowest BCUT2D eigenvalue weighted by molar-refractivity contribution is -0.171. The van der Waals surface area contributed by atoms with Crippen LogP contribution < -0.4 is 0 Å². The molecule has 1 aromatic rings. The average molecular weight is 567 g/mol. The summed E-state index contributed by atoms with van der Waals surface area (Å²) in [5.74, 6) is -5.53. The first kappa shape index (κ1) is 30.7. The smallest absolute Gasteiger partial charge is 0.209 e. The largest absolute Gasteiger partial charge is 0.511 e. The van der Waals surface area contributed by atoms with Crippen molar-refractivity contribution in [2.45, 2.75) is 99.0 Å². The van der Waals surface area contributed by atoms with Gasteiger partial charge in [-0.2, -0.15) is 0 Å². The fourth-order valence-corrected chi connectivity index (χ4v) is 8.12. The SMILES string of the molecule is CCCC(=O)Cc1cc(C(C)C)c2c(c1O)C(=O)C1=C(O)[C@@]3(O)C(=O)C(C(C)=O)=C(O)C(C(C)C)[C@@]3(C)C[C@@]1(C)C2. The van der Waals surface area contributed by atoms with Crippen molar-refractivity contribution in [1.29, 1.82) is 0 Å². The Kier molecular flexibility index (Phi) is 7.44. The summed E-state index contributed by atoms with van der Waals surface area (Å²) in [5.41, 5.74) is -4.26. The van der Waals surface area contributed by atoms with E-state index in [1.54, 1.807) is 33.8 Å². The van der Waals surface area contributed by atoms with Gasteiger partial charge in [-0.1, -0.05) is 54.5 Å². The number of benzene rings is 1. The highest BCUT2D eigenvalue weighted by Crippen LogP contribution is 2.65. The molecule has 41 heavy (non-hydrogen) atoms. The molecular weight excluding hydrogens is 524 g/mol. The predicted octanol–water partition coefficient (Wildman–Crippen LogP) is 5.38. The van der Waals surface area contributed by atoms with Crippen LogP contribution in [0.15, 0.2) is 28.7 Å². The van der Waals surface area contributed by atoms with E-state index in [2.05, 4.69) is 0 Å². The fraction of sp³-hybridized carbons (Fsp3) is 0.576. The minimum atomic E-state index is -2.65. The molecule has 0 spiro atoms. The van der Waals surface area contributed by atoms with Gasteiger partial charge in [0.2, 0.25) is 5.78 Å². The summed E-state index contributed by atoms with van der Waals surface area (Å²) >= 11 is 0. The van der Waals surface area contributed by atoms with E-state index in [4.69, 9.17) is 0 Å². The van der Waals surface area contributed by atoms with E-state index in [1.165, 1.54) is 0 Å². The molecule has 0 saturated heterocycles. The molecule has 3 aliphatic carbocycles. The zero-order valence-electron chi connectivity index (χ0n) is 25.3. The summed E-state index contributed by atoms with van der Waals surface area (Å²) in [6, 6.07) is 1.78. The van der Waals surface area contributed by atoms with Gasteiger partial charge in [-0.15, -0.1) is 0 Å². The summed E-state index contributed by atoms with van der Waals surface area (Å²) in [5, 5.41) is 46.6. The van der Waals surface area contributed by atoms with Gasteiger partial charge in [0, 0.05) is 40.7 Å². The van der Waals surface area contributed by atoms with Crippen LogP contribution >= 0.6 is 0 Å². The number of hydrogen-bond acceptors (Lipinski definition) is 8. The van der Waals surface area contributed by atoms with Crippen LogP contribution in [-0.2, 0) is 27.2 Å². The summed E-state index contributed by atoms with van der Waals surface area (Å²) in [4.78, 5) is 53.2. The van der Waals surface area contributed by atoms with Crippen LogP contribution in [0.2, 0.25) is 0 Å². The molecule has 4 atom stereocenters. The van der Waals surface area contributed by atoms with Gasteiger partial charge < -0.3 is 20.4 Å². The van der Waals surface area contributed by atoms with Crippen molar-refractivity contribution < 1.29 is 39.6 Å². The maximum atomic E-state index is 14.3. The molecule has 8 nitrogen and oxygen atoms in total. The Morgan fingerprint density at radius 3 is 2.20 bits per heavy atom. The standard InChI is InChI=1S/C33H42O8/c1-9-10-19(35)11-18-12-20(15(2)3)21-13-31(7)14-32(8)24(16(4)5)27(37)22(17(6)34)29(39)33(32,41)30(40)25(31)28(38)23(21)26(18)36/h12,15-16,24,36-37,40-41H,9-11,13-14H2,1-8H3/t24?,31-,32-,33+/m1/s1. The number of carbonyl (C=O) groups is 4. The van der Waals surface area contributed by atoms with E-state index in [-0.39, 0.29) is 53.8 Å². The number of allylic oxidation sites excluding steroid dienone is 2.